The van der Waals surface area contributed by atoms with Crippen molar-refractivity contribution in [1.29, 1.82) is 0 Å². The van der Waals surface area contributed by atoms with Crippen molar-refractivity contribution in [2.24, 2.45) is 0 Å². The van der Waals surface area contributed by atoms with E-state index in [1.807, 2.05) is 0 Å². The minimum absolute atomic E-state index is 0.0503. The summed E-state index contributed by atoms with van der Waals surface area (Å²) in [6.07, 6.45) is 0.338. The molecule has 1 nitrogen and oxygen atoms in total. The molecule has 0 aliphatic rings. The first-order chi connectivity index (χ1) is 6.13. The smallest absolute Gasteiger partial charge is 0.146 e. The summed E-state index contributed by atoms with van der Waals surface area (Å²) in [6, 6.07) is 4.71. The average molecular weight is 198 g/mol. The molecule has 0 atom stereocenters. The van der Waals surface area contributed by atoms with Crippen molar-refractivity contribution in [1.82, 2.24) is 0 Å². The fraction of sp³-hybridized carbons (Fsp3) is 0.300. The molecule has 0 aliphatic carbocycles. The first-order valence-corrected chi connectivity index (χ1v) is 4.64. The number of Topliss-reactive ketones (excluding diaryl/α,β-unsaturated/α-hetero) is 1. The highest BCUT2D eigenvalue weighted by molar-refractivity contribution is 7.81. The van der Waals surface area contributed by atoms with Crippen LogP contribution in [0.5, 0.6) is 0 Å². The van der Waals surface area contributed by atoms with Crippen LogP contribution in [-0.4, -0.2) is 11.5 Å². The van der Waals surface area contributed by atoms with E-state index in [4.69, 9.17) is 0 Å². The van der Waals surface area contributed by atoms with Crippen LogP contribution in [0.3, 0.4) is 0 Å². The summed E-state index contributed by atoms with van der Waals surface area (Å²) in [5, 5.41) is 0. The number of halogens is 1. The Morgan fingerprint density at radius 2 is 2.23 bits per heavy atom. The number of carbonyl (C=O) groups excluding carboxylic acids is 1. The number of hydrogen-bond donors (Lipinski definition) is 1. The zero-order valence-corrected chi connectivity index (χ0v) is 8.27. The van der Waals surface area contributed by atoms with Crippen LogP contribution in [0.25, 0.3) is 0 Å². The van der Waals surface area contributed by atoms with Crippen LogP contribution in [0.2, 0.25) is 0 Å². The lowest BCUT2D eigenvalue weighted by Crippen LogP contribution is -2.04. The van der Waals surface area contributed by atoms with E-state index >= 15 is 0 Å². The maximum atomic E-state index is 12.8. The molecule has 3 heteroatoms. The first-order valence-electron chi connectivity index (χ1n) is 4.01. The van der Waals surface area contributed by atoms with Crippen molar-refractivity contribution in [3.05, 3.63) is 35.1 Å². The second-order valence-electron chi connectivity index (χ2n) is 2.96. The zero-order valence-electron chi connectivity index (χ0n) is 7.38. The molecule has 70 valence electrons. The summed E-state index contributed by atoms with van der Waals surface area (Å²) in [7, 11) is 0. The van der Waals surface area contributed by atoms with Gasteiger partial charge in [0.2, 0.25) is 0 Å². The predicted octanol–water partition coefficient (Wildman–Crippen LogP) is 2.18. The number of aryl methyl sites for hydroxylation is 1. The fourth-order valence-corrected chi connectivity index (χ4v) is 1.21. The maximum absolute atomic E-state index is 12.8. The Bertz CT molecular complexity index is 323. The third-order valence-corrected chi connectivity index (χ3v) is 2.15. The molecule has 0 spiro atoms. The van der Waals surface area contributed by atoms with Crippen molar-refractivity contribution >= 4 is 18.4 Å². The zero-order chi connectivity index (χ0) is 9.84. The normalized spacial score (nSPS) is 10.1. The van der Waals surface area contributed by atoms with Crippen molar-refractivity contribution in [2.45, 2.75) is 13.3 Å². The van der Waals surface area contributed by atoms with Gasteiger partial charge in [-0.3, -0.25) is 4.79 Å². The van der Waals surface area contributed by atoms with Gasteiger partial charge in [-0.1, -0.05) is 12.1 Å². The van der Waals surface area contributed by atoms with E-state index in [1.165, 1.54) is 6.07 Å². The molecule has 0 aliphatic heterocycles. The van der Waals surface area contributed by atoms with Gasteiger partial charge in [-0.25, -0.2) is 4.39 Å². The van der Waals surface area contributed by atoms with Gasteiger partial charge in [0.15, 0.2) is 0 Å². The molecule has 1 rings (SSSR count). The van der Waals surface area contributed by atoms with Gasteiger partial charge < -0.3 is 0 Å². The summed E-state index contributed by atoms with van der Waals surface area (Å²) in [4.78, 5) is 11.0. The van der Waals surface area contributed by atoms with Crippen LogP contribution >= 0.6 is 12.6 Å². The van der Waals surface area contributed by atoms with Gasteiger partial charge in [-0.15, -0.1) is 0 Å². The van der Waals surface area contributed by atoms with Gasteiger partial charge in [0.25, 0.3) is 0 Å². The monoisotopic (exact) mass is 198 g/mol. The first kappa shape index (κ1) is 10.3. The molecule has 1 aromatic rings. The van der Waals surface area contributed by atoms with Crippen LogP contribution in [-0.2, 0) is 11.2 Å². The fourth-order valence-electron chi connectivity index (χ4n) is 1.10. The van der Waals surface area contributed by atoms with Gasteiger partial charge in [-0.05, 0) is 24.1 Å². The minimum atomic E-state index is -0.234. The lowest BCUT2D eigenvalue weighted by Gasteiger charge is -2.01. The van der Waals surface area contributed by atoms with Gasteiger partial charge >= 0.3 is 0 Å². The molecule has 0 saturated carbocycles. The Morgan fingerprint density at radius 3 is 2.77 bits per heavy atom. The number of thiol groups is 1. The number of benzene rings is 1. The SMILES string of the molecule is Cc1cc(CC(=O)CS)ccc1F. The molecule has 0 unspecified atom stereocenters. The molecule has 0 aromatic heterocycles. The minimum Gasteiger partial charge on any atom is -0.298 e. The lowest BCUT2D eigenvalue weighted by atomic mass is 10.1. The molecule has 1 aromatic carbocycles. The van der Waals surface area contributed by atoms with Gasteiger partial charge in [0, 0.05) is 12.2 Å². The van der Waals surface area contributed by atoms with E-state index in [2.05, 4.69) is 12.6 Å². The summed E-state index contributed by atoms with van der Waals surface area (Å²) >= 11 is 3.87. The van der Waals surface area contributed by atoms with Crippen molar-refractivity contribution < 1.29 is 9.18 Å². The largest absolute Gasteiger partial charge is 0.298 e. The average Bonchev–Trinajstić information content (AvgIpc) is 2.11. The molecular formula is C10H11FOS. The second-order valence-corrected chi connectivity index (χ2v) is 3.27. The molecule has 0 saturated heterocycles. The Balaban J connectivity index is 2.79. The van der Waals surface area contributed by atoms with E-state index in [0.717, 1.165) is 5.56 Å². The summed E-state index contributed by atoms with van der Waals surface area (Å²) in [5.41, 5.74) is 1.42. The van der Waals surface area contributed by atoms with Crippen molar-refractivity contribution in [3.8, 4) is 0 Å². The Labute approximate surface area is 82.4 Å². The molecule has 13 heavy (non-hydrogen) atoms. The molecule has 0 fully saturated rings. The highest BCUT2D eigenvalue weighted by Crippen LogP contribution is 2.10. The molecule has 0 N–H and O–H groups in total. The van der Waals surface area contributed by atoms with Gasteiger partial charge in [0.05, 0.1) is 0 Å². The Morgan fingerprint density at radius 1 is 1.54 bits per heavy atom. The van der Waals surface area contributed by atoms with Crippen LogP contribution in [0.4, 0.5) is 4.39 Å². The van der Waals surface area contributed by atoms with E-state index in [0.29, 0.717) is 12.0 Å². The maximum Gasteiger partial charge on any atom is 0.146 e. The Kier molecular flexibility index (Phi) is 3.48. The molecule has 0 amide bonds. The van der Waals surface area contributed by atoms with Crippen LogP contribution < -0.4 is 0 Å². The van der Waals surface area contributed by atoms with E-state index < -0.39 is 0 Å². The van der Waals surface area contributed by atoms with Gasteiger partial charge in [-0.2, -0.15) is 12.6 Å². The topological polar surface area (TPSA) is 17.1 Å². The highest BCUT2D eigenvalue weighted by Gasteiger charge is 2.03. The third-order valence-electron chi connectivity index (χ3n) is 1.80. The quantitative estimate of drug-likeness (QED) is 0.737. The third kappa shape index (κ3) is 2.84. The van der Waals surface area contributed by atoms with Crippen LogP contribution in [0, 0.1) is 12.7 Å². The molecular weight excluding hydrogens is 187 g/mol. The van der Waals surface area contributed by atoms with Crippen LogP contribution in [0.1, 0.15) is 11.1 Å². The van der Waals surface area contributed by atoms with E-state index in [9.17, 15) is 9.18 Å². The van der Waals surface area contributed by atoms with E-state index in [1.54, 1.807) is 19.1 Å². The number of ketones is 1. The molecule has 0 bridgehead atoms. The van der Waals surface area contributed by atoms with E-state index in [-0.39, 0.29) is 17.4 Å². The predicted molar refractivity (Wildman–Crippen MR) is 53.7 cm³/mol. The second kappa shape index (κ2) is 4.42. The highest BCUT2D eigenvalue weighted by atomic mass is 32.1. The molecule has 0 heterocycles. The summed E-state index contributed by atoms with van der Waals surface area (Å²) in [5.74, 6) is 0.0487. The summed E-state index contributed by atoms with van der Waals surface area (Å²) in [6.45, 7) is 1.68. The standard InChI is InChI=1S/C10H11FOS/c1-7-4-8(2-3-10(7)11)5-9(12)6-13/h2-4,13H,5-6H2,1H3. The van der Waals surface area contributed by atoms with Crippen LogP contribution in [0.15, 0.2) is 18.2 Å². The number of carbonyl (C=O) groups is 1. The lowest BCUT2D eigenvalue weighted by molar-refractivity contribution is -0.115. The molecule has 0 radical (unpaired) electrons. The summed E-state index contributed by atoms with van der Waals surface area (Å²) < 4.78 is 12.8. The Hall–Kier alpha value is -0.830. The van der Waals surface area contributed by atoms with Gasteiger partial charge in [0.1, 0.15) is 11.6 Å². The van der Waals surface area contributed by atoms with Crippen molar-refractivity contribution in [2.75, 3.05) is 5.75 Å². The van der Waals surface area contributed by atoms with Crippen molar-refractivity contribution in [3.63, 3.8) is 0 Å². The number of rotatable bonds is 3. The number of hydrogen-bond acceptors (Lipinski definition) is 2.